The van der Waals surface area contributed by atoms with E-state index in [1.165, 1.54) is 37.3 Å². The second-order valence-electron chi connectivity index (χ2n) is 7.85. The Balaban J connectivity index is 2.08. The quantitative estimate of drug-likeness (QED) is 0.191. The first-order valence-electron chi connectivity index (χ1n) is 9.96. The van der Waals surface area contributed by atoms with Crippen LogP contribution >= 0.6 is 0 Å². The summed E-state index contributed by atoms with van der Waals surface area (Å²) < 4.78 is 67.9. The van der Waals surface area contributed by atoms with Gasteiger partial charge in [0.15, 0.2) is 11.6 Å². The minimum absolute atomic E-state index is 0.0164. The van der Waals surface area contributed by atoms with Gasteiger partial charge in [-0.15, -0.1) is 0 Å². The zero-order valence-electron chi connectivity index (χ0n) is 18.1. The molecule has 0 aromatic heterocycles. The van der Waals surface area contributed by atoms with Gasteiger partial charge >= 0.3 is 0 Å². The van der Waals surface area contributed by atoms with Crippen molar-refractivity contribution in [2.75, 3.05) is 11.1 Å². The zero-order valence-corrected chi connectivity index (χ0v) is 19.7. The first-order chi connectivity index (χ1) is 16.3. The highest BCUT2D eigenvalue weighted by Gasteiger charge is 2.37. The average molecular weight is 518 g/mol. The summed E-state index contributed by atoms with van der Waals surface area (Å²) in [6, 6.07) is 9.28. The van der Waals surface area contributed by atoms with E-state index in [4.69, 9.17) is 11.5 Å². The Morgan fingerprint density at radius 1 is 0.857 bits per heavy atom. The van der Waals surface area contributed by atoms with Gasteiger partial charge in [0.2, 0.25) is 0 Å². The fourth-order valence-electron chi connectivity index (χ4n) is 4.05. The molecule has 11 nitrogen and oxygen atoms in total. The molecule has 1 aliphatic carbocycles. The van der Waals surface area contributed by atoms with Gasteiger partial charge in [0, 0.05) is 17.7 Å². The van der Waals surface area contributed by atoms with Crippen molar-refractivity contribution in [3.05, 3.63) is 75.8 Å². The van der Waals surface area contributed by atoms with Gasteiger partial charge in [0.05, 0.1) is 28.2 Å². The first-order valence-corrected chi connectivity index (χ1v) is 12.8. The lowest BCUT2D eigenvalue weighted by molar-refractivity contribution is 0.0980. The minimum Gasteiger partial charge on any atom is -0.397 e. The Morgan fingerprint density at radius 2 is 1.40 bits per heavy atom. The standard InChI is InChI=1S/C22H19N3O8S2/c1-10-6-11(9-23)7-16(35(31,32)33)20(10)25-14-8-15(34(28,29)30)19(24)18-17(14)21(26)12-4-2-3-5-13(12)22(18)27/h2-8,25H,9,23-24H2,1H3,(H,28,29,30)(H,31,32,33). The van der Waals surface area contributed by atoms with Crippen LogP contribution in [0.15, 0.2) is 52.3 Å². The number of nitrogens with two attached hydrogens (primary N) is 2. The smallest absolute Gasteiger partial charge is 0.296 e. The summed E-state index contributed by atoms with van der Waals surface area (Å²) in [5.74, 6) is -1.44. The van der Waals surface area contributed by atoms with Crippen LogP contribution in [0.5, 0.6) is 0 Å². The second kappa shape index (κ2) is 8.25. The Kier molecular flexibility index (Phi) is 5.78. The van der Waals surface area contributed by atoms with E-state index in [1.807, 2.05) is 0 Å². The number of anilines is 3. The predicted molar refractivity (Wildman–Crippen MR) is 126 cm³/mol. The summed E-state index contributed by atoms with van der Waals surface area (Å²) in [7, 11) is -9.78. The lowest BCUT2D eigenvalue weighted by Crippen LogP contribution is -2.25. The van der Waals surface area contributed by atoms with Crippen LogP contribution in [0, 0.1) is 6.92 Å². The molecule has 182 valence electrons. The van der Waals surface area contributed by atoms with Crippen molar-refractivity contribution in [2.45, 2.75) is 23.3 Å². The van der Waals surface area contributed by atoms with Gasteiger partial charge < -0.3 is 16.8 Å². The number of benzene rings is 3. The van der Waals surface area contributed by atoms with E-state index >= 15 is 0 Å². The summed E-state index contributed by atoms with van der Waals surface area (Å²) in [6.45, 7) is 1.45. The summed E-state index contributed by atoms with van der Waals surface area (Å²) in [4.78, 5) is 25.2. The number of aryl methyl sites for hydroxylation is 1. The van der Waals surface area contributed by atoms with Gasteiger partial charge in [-0.1, -0.05) is 30.3 Å². The lowest BCUT2D eigenvalue weighted by atomic mass is 9.82. The van der Waals surface area contributed by atoms with Crippen LogP contribution in [0.1, 0.15) is 43.0 Å². The van der Waals surface area contributed by atoms with Crippen molar-refractivity contribution < 1.29 is 35.5 Å². The Hall–Kier alpha value is -3.62. The SMILES string of the molecule is Cc1cc(CN)cc(S(=O)(=O)O)c1Nc1cc(S(=O)(=O)O)c(N)c2c1C(=O)c1ccccc1C2=O. The third-order valence-corrected chi connectivity index (χ3v) is 7.38. The van der Waals surface area contributed by atoms with E-state index in [0.29, 0.717) is 5.56 Å². The number of hydrogen-bond acceptors (Lipinski definition) is 9. The maximum Gasteiger partial charge on any atom is 0.296 e. The molecule has 4 rings (SSSR count). The summed E-state index contributed by atoms with van der Waals surface area (Å²) in [5.41, 5.74) is 10.3. The monoisotopic (exact) mass is 517 g/mol. The molecule has 0 unspecified atom stereocenters. The van der Waals surface area contributed by atoms with Crippen LogP contribution in [-0.4, -0.2) is 37.5 Å². The van der Waals surface area contributed by atoms with Gasteiger partial charge in [-0.3, -0.25) is 18.7 Å². The molecule has 7 N–H and O–H groups in total. The number of carbonyl (C=O) groups is 2. The minimum atomic E-state index is -4.97. The Labute approximate surface area is 200 Å². The third kappa shape index (κ3) is 4.09. The highest BCUT2D eigenvalue weighted by molar-refractivity contribution is 7.86. The van der Waals surface area contributed by atoms with Crippen LogP contribution in [-0.2, 0) is 26.8 Å². The molecule has 1 aliphatic rings. The van der Waals surface area contributed by atoms with E-state index < -0.39 is 52.8 Å². The van der Waals surface area contributed by atoms with Gasteiger partial charge in [-0.05, 0) is 30.2 Å². The molecule has 0 radical (unpaired) electrons. The molecule has 3 aromatic carbocycles. The number of rotatable bonds is 5. The highest BCUT2D eigenvalue weighted by Crippen LogP contribution is 2.41. The van der Waals surface area contributed by atoms with Crippen LogP contribution in [0.2, 0.25) is 0 Å². The summed E-state index contributed by atoms with van der Waals surface area (Å²) in [6.07, 6.45) is 0. The predicted octanol–water partition coefficient (Wildman–Crippen LogP) is 2.05. The number of ketones is 2. The maximum absolute atomic E-state index is 13.4. The highest BCUT2D eigenvalue weighted by atomic mass is 32.2. The van der Waals surface area contributed by atoms with E-state index in [2.05, 4.69) is 5.32 Å². The molecular weight excluding hydrogens is 498 g/mol. The molecule has 0 aliphatic heterocycles. The molecular formula is C22H19N3O8S2. The van der Waals surface area contributed by atoms with Crippen LogP contribution in [0.4, 0.5) is 17.1 Å². The Bertz CT molecular complexity index is 1660. The normalized spacial score (nSPS) is 13.4. The largest absolute Gasteiger partial charge is 0.397 e. The van der Waals surface area contributed by atoms with E-state index in [0.717, 1.165) is 12.1 Å². The number of carbonyl (C=O) groups excluding carboxylic acids is 2. The molecule has 0 spiro atoms. The molecule has 0 heterocycles. The van der Waals surface area contributed by atoms with Crippen molar-refractivity contribution in [2.24, 2.45) is 5.73 Å². The van der Waals surface area contributed by atoms with E-state index in [1.54, 1.807) is 0 Å². The molecule has 13 heteroatoms. The number of nitrogen functional groups attached to an aromatic ring is 1. The van der Waals surface area contributed by atoms with Crippen molar-refractivity contribution in [1.29, 1.82) is 0 Å². The van der Waals surface area contributed by atoms with Gasteiger partial charge in [0.25, 0.3) is 20.2 Å². The molecule has 3 aromatic rings. The van der Waals surface area contributed by atoms with Crippen molar-refractivity contribution in [1.82, 2.24) is 0 Å². The third-order valence-electron chi connectivity index (χ3n) is 5.61. The number of hydrogen-bond donors (Lipinski definition) is 5. The van der Waals surface area contributed by atoms with Crippen molar-refractivity contribution in [3.63, 3.8) is 0 Å². The van der Waals surface area contributed by atoms with Gasteiger partial charge in [-0.2, -0.15) is 16.8 Å². The van der Waals surface area contributed by atoms with Crippen molar-refractivity contribution >= 4 is 48.9 Å². The topological polar surface area (TPSA) is 207 Å². The Morgan fingerprint density at radius 3 is 1.91 bits per heavy atom. The average Bonchev–Trinajstić information content (AvgIpc) is 2.77. The second-order valence-corrected chi connectivity index (χ2v) is 10.6. The molecule has 0 saturated heterocycles. The lowest BCUT2D eigenvalue weighted by Gasteiger charge is -2.24. The van der Waals surface area contributed by atoms with Crippen LogP contribution in [0.25, 0.3) is 0 Å². The van der Waals surface area contributed by atoms with Gasteiger partial charge in [-0.25, -0.2) is 0 Å². The number of fused-ring (bicyclic) bond motifs is 2. The maximum atomic E-state index is 13.4. The van der Waals surface area contributed by atoms with E-state index in [-0.39, 0.29) is 40.2 Å². The van der Waals surface area contributed by atoms with Crippen LogP contribution < -0.4 is 16.8 Å². The molecule has 35 heavy (non-hydrogen) atoms. The number of nitrogens with one attached hydrogen (secondary N) is 1. The van der Waals surface area contributed by atoms with Crippen molar-refractivity contribution in [3.8, 4) is 0 Å². The fraction of sp³-hybridized carbons (Fsp3) is 0.0909. The molecule has 0 saturated carbocycles. The fourth-order valence-corrected chi connectivity index (χ4v) is 5.47. The van der Waals surface area contributed by atoms with E-state index in [9.17, 15) is 35.5 Å². The van der Waals surface area contributed by atoms with Crippen LogP contribution in [0.3, 0.4) is 0 Å². The van der Waals surface area contributed by atoms with Gasteiger partial charge in [0.1, 0.15) is 9.79 Å². The molecule has 0 atom stereocenters. The molecule has 0 amide bonds. The molecule has 0 fully saturated rings. The molecule has 0 bridgehead atoms. The summed E-state index contributed by atoms with van der Waals surface area (Å²) in [5, 5.41) is 2.66. The summed E-state index contributed by atoms with van der Waals surface area (Å²) >= 11 is 0. The first kappa shape index (κ1) is 24.5. The zero-order chi connectivity index (χ0) is 25.9.